The van der Waals surface area contributed by atoms with Crippen molar-refractivity contribution in [2.75, 3.05) is 19.8 Å². The van der Waals surface area contributed by atoms with Crippen molar-refractivity contribution in [2.24, 2.45) is 16.7 Å². The van der Waals surface area contributed by atoms with Gasteiger partial charge in [-0.15, -0.1) is 0 Å². The predicted molar refractivity (Wildman–Crippen MR) is 268 cm³/mol. The average molecular weight is 1070 g/mol. The molecule has 2 saturated carbocycles. The maximum absolute atomic E-state index is 15.3. The number of alkyl carbamates (subject to hydrolysis) is 2. The molecule has 0 radical (unpaired) electrons. The van der Waals surface area contributed by atoms with E-state index in [1.807, 2.05) is 0 Å². The van der Waals surface area contributed by atoms with Gasteiger partial charge in [0.05, 0.1) is 36.0 Å². The Morgan fingerprint density at radius 3 is 2.05 bits per heavy atom. The van der Waals surface area contributed by atoms with E-state index in [0.717, 1.165) is 12.5 Å². The number of hydrogen-bond acceptors (Lipinski definition) is 19. The number of hydrogen-bond donors (Lipinski definition) is 5. The highest BCUT2D eigenvalue weighted by Crippen LogP contribution is 2.64. The highest BCUT2D eigenvalue weighted by Gasteiger charge is 2.78. The number of aliphatic hydroxyl groups is 3. The van der Waals surface area contributed by atoms with E-state index < -0.39 is 143 Å². The predicted octanol–water partition coefficient (Wildman–Crippen LogP) is 4.67. The Balaban J connectivity index is 1.24. The molecule has 11 atom stereocenters. The Kier molecular flexibility index (Phi) is 17.0. The van der Waals surface area contributed by atoms with Gasteiger partial charge in [0.2, 0.25) is 6.10 Å². The van der Waals surface area contributed by atoms with E-state index in [-0.39, 0.29) is 48.5 Å². The lowest BCUT2D eigenvalue weighted by Gasteiger charge is -2.67. The highest BCUT2D eigenvalue weighted by atomic mass is 16.6. The highest BCUT2D eigenvalue weighted by molar-refractivity contribution is 5.94. The molecule has 0 unspecified atom stereocenters. The Morgan fingerprint density at radius 2 is 1.45 bits per heavy atom. The van der Waals surface area contributed by atoms with Crippen molar-refractivity contribution in [3.05, 3.63) is 119 Å². The summed E-state index contributed by atoms with van der Waals surface area (Å²) in [6, 6.07) is 22.8. The first-order valence-electron chi connectivity index (χ1n) is 25.2. The molecule has 2 bridgehead atoms. The van der Waals surface area contributed by atoms with Crippen LogP contribution < -0.4 is 10.6 Å². The third kappa shape index (κ3) is 11.9. The van der Waals surface area contributed by atoms with Crippen molar-refractivity contribution >= 4 is 47.8 Å². The van der Waals surface area contributed by atoms with E-state index >= 15 is 9.59 Å². The molecule has 1 heterocycles. The van der Waals surface area contributed by atoms with Crippen LogP contribution in [0.4, 0.5) is 9.59 Å². The minimum atomic E-state index is -2.50. The Morgan fingerprint density at radius 1 is 0.831 bits per heavy atom. The van der Waals surface area contributed by atoms with Gasteiger partial charge in [0, 0.05) is 31.7 Å². The number of ether oxygens (including phenoxy) is 8. The summed E-state index contributed by atoms with van der Waals surface area (Å²) in [5, 5.41) is 43.2. The molecule has 414 valence electrons. The number of amides is 2. The van der Waals surface area contributed by atoms with Gasteiger partial charge in [0.25, 0.3) is 0 Å². The molecule has 5 N–H and O–H groups in total. The van der Waals surface area contributed by atoms with E-state index in [0.29, 0.717) is 0 Å². The van der Waals surface area contributed by atoms with Crippen LogP contribution in [0.3, 0.4) is 0 Å². The first-order valence-corrected chi connectivity index (χ1v) is 25.2. The molecule has 3 aliphatic carbocycles. The molecule has 77 heavy (non-hydrogen) atoms. The number of aliphatic hydroxyl groups excluding tert-OH is 2. The lowest BCUT2D eigenvalue weighted by molar-refractivity contribution is -0.346. The Labute approximate surface area is 444 Å². The topological polar surface area (TPSA) is 295 Å². The number of esters is 5. The van der Waals surface area contributed by atoms with Crippen molar-refractivity contribution in [3.8, 4) is 0 Å². The number of nitrogens with one attached hydrogen (secondary N) is 2. The molecule has 7 rings (SSSR count). The van der Waals surface area contributed by atoms with Gasteiger partial charge in [-0.1, -0.05) is 92.7 Å². The Hall–Kier alpha value is -7.20. The fourth-order valence-electron chi connectivity index (χ4n) is 11.1. The van der Waals surface area contributed by atoms with Crippen LogP contribution in [0.15, 0.2) is 102 Å². The second-order valence-electron chi connectivity index (χ2n) is 21.4. The minimum absolute atomic E-state index is 0.0183. The van der Waals surface area contributed by atoms with Crippen molar-refractivity contribution in [1.82, 2.24) is 10.6 Å². The van der Waals surface area contributed by atoms with Crippen LogP contribution >= 0.6 is 0 Å². The molecule has 1 aliphatic heterocycles. The van der Waals surface area contributed by atoms with Gasteiger partial charge in [-0.3, -0.25) is 14.4 Å². The molecule has 1 saturated heterocycles. The summed E-state index contributed by atoms with van der Waals surface area (Å²) in [4.78, 5) is 110. The van der Waals surface area contributed by atoms with Gasteiger partial charge < -0.3 is 63.8 Å². The second kappa shape index (κ2) is 22.8. The van der Waals surface area contributed by atoms with Crippen LogP contribution in [0, 0.1) is 16.7 Å². The zero-order valence-electron chi connectivity index (χ0n) is 44.1. The van der Waals surface area contributed by atoms with Crippen molar-refractivity contribution < 1.29 is 91.6 Å². The molecule has 3 aromatic carbocycles. The molecule has 21 heteroatoms. The molecule has 21 nitrogen and oxygen atoms in total. The van der Waals surface area contributed by atoms with Crippen LogP contribution in [0.2, 0.25) is 0 Å². The van der Waals surface area contributed by atoms with E-state index in [1.165, 1.54) is 52.0 Å². The monoisotopic (exact) mass is 1070 g/mol. The summed E-state index contributed by atoms with van der Waals surface area (Å²) >= 11 is 0. The van der Waals surface area contributed by atoms with Gasteiger partial charge in [-0.2, -0.15) is 0 Å². The number of Topliss-reactive ketones (excluding diaryl/α,β-unsaturated/α-hetero) is 1. The molecular formula is C56H66N2O19. The summed E-state index contributed by atoms with van der Waals surface area (Å²) in [6.45, 7) is 9.97. The summed E-state index contributed by atoms with van der Waals surface area (Å²) in [5.74, 6) is -8.05. The summed E-state index contributed by atoms with van der Waals surface area (Å²) in [5.41, 5.74) is -8.45. The van der Waals surface area contributed by atoms with E-state index in [9.17, 15) is 44.1 Å². The number of benzene rings is 3. The number of carbonyl (C=O) groups is 8. The zero-order chi connectivity index (χ0) is 56.3. The summed E-state index contributed by atoms with van der Waals surface area (Å²) in [7, 11) is 0. The lowest BCUT2D eigenvalue weighted by Crippen LogP contribution is -2.81. The van der Waals surface area contributed by atoms with Crippen molar-refractivity contribution in [2.45, 2.75) is 141 Å². The Bertz CT molecular complexity index is 2740. The fraction of sp³-hybridized carbons (Fsp3) is 0.500. The molecule has 0 spiro atoms. The fourth-order valence-corrected chi connectivity index (χ4v) is 11.1. The average Bonchev–Trinajstić information content (AvgIpc) is 3.47. The van der Waals surface area contributed by atoms with Crippen LogP contribution in [0.5, 0.6) is 0 Å². The third-order valence-electron chi connectivity index (χ3n) is 15.0. The van der Waals surface area contributed by atoms with E-state index in [1.54, 1.807) is 87.5 Å². The second-order valence-corrected chi connectivity index (χ2v) is 21.4. The molecular weight excluding hydrogens is 1000 g/mol. The quantitative estimate of drug-likeness (QED) is 0.0740. The number of fused-ring (bicyclic) bond motifs is 5. The van der Waals surface area contributed by atoms with Crippen LogP contribution in [-0.2, 0) is 68.5 Å². The van der Waals surface area contributed by atoms with Gasteiger partial charge >= 0.3 is 42.0 Å². The zero-order valence-corrected chi connectivity index (χ0v) is 44.1. The number of ketones is 1. The molecule has 2 amide bonds. The maximum Gasteiger partial charge on any atom is 0.408 e. The van der Waals surface area contributed by atoms with Crippen LogP contribution in [-0.4, -0.2) is 136 Å². The van der Waals surface area contributed by atoms with Crippen LogP contribution in [0.25, 0.3) is 0 Å². The SMILES string of the molecule is CC(=O)O[C@@]12CO[C@@H]1C[C@H](O)[C@@]1(C)C(=O)[C@H](O)C3=C(C)[C@@H](OC(=O)[C@H](OC(=O)COC(=O)CCNC(=O)OCc4ccccc4)[C@@H](NC(=O)OC(C)(C)C)c4ccccc4)C[C@@](O)([C@@H](OC(=O)c4ccccc4)[C@H]21)C3(C)C. The first kappa shape index (κ1) is 57.5. The molecule has 0 aromatic heterocycles. The normalized spacial score (nSPS) is 27.9. The van der Waals surface area contributed by atoms with E-state index in [4.69, 9.17) is 37.9 Å². The first-order chi connectivity index (χ1) is 36.2. The maximum atomic E-state index is 15.3. The van der Waals surface area contributed by atoms with Gasteiger partial charge in [0.15, 0.2) is 18.0 Å². The minimum Gasteiger partial charge on any atom is -0.455 e. The van der Waals surface area contributed by atoms with Crippen molar-refractivity contribution in [3.63, 3.8) is 0 Å². The molecule has 4 aliphatic rings. The molecule has 3 fully saturated rings. The standard InChI is InChI=1S/C56H66N2O19/c1-31-36(27-56(69)47(75-48(65)35-22-16-11-17-23-35)45-54(8,46(64)43(63)41(31)53(56,6)7)37(60)26-38-55(45,30-72-38)76-32(2)59)73-49(66)44(42(34-20-14-10-15-21-34)58-51(68)77-52(3,4)5)74-40(62)29-70-39(61)24-25-57-50(67)71-28-33-18-12-9-13-19-33/h9-23,36-38,42-45,47,60,63,69H,24-30H2,1-8H3,(H,57,67)(H,58,68)/t36-,37-,38+,42-,43+,44+,45-,47-,54+,55-,56+/m0/s1. The number of carbonyl (C=O) groups excluding carboxylic acids is 8. The smallest absolute Gasteiger partial charge is 0.408 e. The van der Waals surface area contributed by atoms with Gasteiger partial charge in [-0.05, 0) is 69.0 Å². The molecule has 3 aromatic rings. The third-order valence-corrected chi connectivity index (χ3v) is 15.0. The van der Waals surface area contributed by atoms with Crippen molar-refractivity contribution in [1.29, 1.82) is 0 Å². The number of rotatable bonds is 16. The van der Waals surface area contributed by atoms with E-state index in [2.05, 4.69) is 10.6 Å². The van der Waals surface area contributed by atoms with Gasteiger partial charge in [-0.25, -0.2) is 24.0 Å². The van der Waals surface area contributed by atoms with Gasteiger partial charge in [0.1, 0.15) is 48.3 Å². The summed E-state index contributed by atoms with van der Waals surface area (Å²) in [6.07, 6.45) is -13.7. The summed E-state index contributed by atoms with van der Waals surface area (Å²) < 4.78 is 46.1. The lowest BCUT2D eigenvalue weighted by atomic mass is 9.44. The van der Waals surface area contributed by atoms with Crippen LogP contribution in [0.1, 0.15) is 102 Å². The largest absolute Gasteiger partial charge is 0.455 e.